The van der Waals surface area contributed by atoms with Gasteiger partial charge in [-0.15, -0.1) is 0 Å². The summed E-state index contributed by atoms with van der Waals surface area (Å²) in [7, 11) is 0. The molecule has 8 nitrogen and oxygen atoms in total. The summed E-state index contributed by atoms with van der Waals surface area (Å²) < 4.78 is 10.2. The largest absolute Gasteiger partial charge is 0.359 e. The van der Waals surface area contributed by atoms with Gasteiger partial charge in [-0.1, -0.05) is 35.9 Å². The van der Waals surface area contributed by atoms with E-state index in [1.54, 1.807) is 34.2 Å². The zero-order chi connectivity index (χ0) is 21.7. The fraction of sp³-hybridized carbons (Fsp3) is 0.227. The molecule has 0 saturated heterocycles. The molecule has 9 heteroatoms. The van der Waals surface area contributed by atoms with Gasteiger partial charge in [0.1, 0.15) is 37.0 Å². The molecule has 0 fully saturated rings. The van der Waals surface area contributed by atoms with Gasteiger partial charge in [-0.25, -0.2) is 9.97 Å². The molecule has 1 unspecified atom stereocenters. The average molecular weight is 434 g/mol. The van der Waals surface area contributed by atoms with Crippen LogP contribution in [-0.4, -0.2) is 35.1 Å². The first-order valence-corrected chi connectivity index (χ1v) is 10.0. The van der Waals surface area contributed by atoms with Crippen LogP contribution in [0.5, 0.6) is 0 Å². The van der Waals surface area contributed by atoms with Crippen LogP contribution in [0.15, 0.2) is 73.8 Å². The Morgan fingerprint density at radius 2 is 1.45 bits per heavy atom. The first-order chi connectivity index (χ1) is 15.0. The first kappa shape index (κ1) is 20.7. The monoisotopic (exact) mass is 433 g/mol. The van der Waals surface area contributed by atoms with Crippen LogP contribution >= 0.6 is 11.6 Å². The molecule has 4 aromatic rings. The van der Waals surface area contributed by atoms with Gasteiger partial charge in [0.2, 0.25) is 0 Å². The zero-order valence-corrected chi connectivity index (χ0v) is 17.6. The number of nitrogens with zero attached hydrogens (tertiary/aromatic N) is 7. The summed E-state index contributed by atoms with van der Waals surface area (Å²) in [5.41, 5.74) is 1.74. The van der Waals surface area contributed by atoms with E-state index in [2.05, 4.69) is 26.2 Å². The molecule has 0 aliphatic heterocycles. The normalized spacial score (nSPS) is 12.4. The number of aromatic nitrogens is 6. The summed E-state index contributed by atoms with van der Waals surface area (Å²) in [5, 5.41) is 18.3. The second-order valence-corrected chi connectivity index (χ2v) is 7.86. The van der Waals surface area contributed by atoms with E-state index in [1.165, 1.54) is 12.7 Å². The number of benzene rings is 2. The highest BCUT2D eigenvalue weighted by Gasteiger charge is 2.32. The van der Waals surface area contributed by atoms with E-state index in [9.17, 15) is 0 Å². The van der Waals surface area contributed by atoms with Crippen LogP contribution < -0.4 is 0 Å². The Hall–Kier alpha value is -3.54. The lowest BCUT2D eigenvalue weighted by Crippen LogP contribution is -2.40. The molecule has 0 spiro atoms. The van der Waals surface area contributed by atoms with Gasteiger partial charge in [0.15, 0.2) is 0 Å². The van der Waals surface area contributed by atoms with Crippen molar-refractivity contribution < 1.29 is 4.74 Å². The number of ether oxygens (including phenoxy) is 1. The van der Waals surface area contributed by atoms with Gasteiger partial charge in [0, 0.05) is 5.02 Å². The minimum Gasteiger partial charge on any atom is -0.359 e. The van der Waals surface area contributed by atoms with E-state index in [4.69, 9.17) is 21.6 Å². The van der Waals surface area contributed by atoms with Gasteiger partial charge >= 0.3 is 0 Å². The SMILES string of the molecule is CC(Cn1cncn1)(Cn1cncn1)OC(c1ccc(Cl)cc1)c1ccc(C#N)cc1. The summed E-state index contributed by atoms with van der Waals surface area (Å²) in [6.45, 7) is 2.91. The highest BCUT2D eigenvalue weighted by Crippen LogP contribution is 2.33. The molecule has 2 aromatic heterocycles. The molecule has 0 amide bonds. The highest BCUT2D eigenvalue weighted by molar-refractivity contribution is 6.30. The number of rotatable bonds is 8. The summed E-state index contributed by atoms with van der Waals surface area (Å²) in [5.74, 6) is 0. The number of hydrogen-bond donors (Lipinski definition) is 0. The van der Waals surface area contributed by atoms with Crippen LogP contribution in [0.2, 0.25) is 5.02 Å². The Morgan fingerprint density at radius 1 is 0.935 bits per heavy atom. The van der Waals surface area contributed by atoms with Crippen LogP contribution in [0, 0.1) is 11.3 Å². The van der Waals surface area contributed by atoms with Crippen molar-refractivity contribution in [3.05, 3.63) is 95.6 Å². The lowest BCUT2D eigenvalue weighted by Gasteiger charge is -2.34. The van der Waals surface area contributed by atoms with Gasteiger partial charge in [-0.05, 0) is 42.3 Å². The summed E-state index contributed by atoms with van der Waals surface area (Å²) in [6.07, 6.45) is 5.90. The van der Waals surface area contributed by atoms with Gasteiger partial charge in [0.05, 0.1) is 24.7 Å². The third-order valence-corrected chi connectivity index (χ3v) is 5.10. The molecule has 4 rings (SSSR count). The molecular formula is C22H20ClN7O. The molecule has 0 aliphatic rings. The molecule has 0 saturated carbocycles. The third-order valence-electron chi connectivity index (χ3n) is 4.84. The average Bonchev–Trinajstić information content (AvgIpc) is 3.47. The van der Waals surface area contributed by atoms with Gasteiger partial charge in [0.25, 0.3) is 0 Å². The van der Waals surface area contributed by atoms with E-state index >= 15 is 0 Å². The van der Waals surface area contributed by atoms with Crippen LogP contribution in [0.1, 0.15) is 29.7 Å². The Labute approximate surface area is 184 Å². The second-order valence-electron chi connectivity index (χ2n) is 7.42. The molecule has 0 aliphatic carbocycles. The van der Waals surface area contributed by atoms with Gasteiger partial charge < -0.3 is 4.74 Å². The maximum absolute atomic E-state index is 9.16. The minimum atomic E-state index is -0.709. The summed E-state index contributed by atoms with van der Waals surface area (Å²) >= 11 is 6.11. The minimum absolute atomic E-state index is 0.401. The Kier molecular flexibility index (Phi) is 6.07. The molecule has 2 heterocycles. The number of nitriles is 1. The third kappa shape index (κ3) is 5.15. The topological polar surface area (TPSA) is 94.4 Å². The van der Waals surface area contributed by atoms with Crippen molar-refractivity contribution in [2.75, 3.05) is 0 Å². The zero-order valence-electron chi connectivity index (χ0n) is 16.8. The van der Waals surface area contributed by atoms with Crippen molar-refractivity contribution >= 4 is 11.6 Å². The van der Waals surface area contributed by atoms with Crippen LogP contribution in [-0.2, 0) is 17.8 Å². The highest BCUT2D eigenvalue weighted by atomic mass is 35.5. The van der Waals surface area contributed by atoms with Crippen molar-refractivity contribution in [2.24, 2.45) is 0 Å². The number of halogens is 1. The van der Waals surface area contributed by atoms with Crippen LogP contribution in [0.4, 0.5) is 0 Å². The molecule has 31 heavy (non-hydrogen) atoms. The lowest BCUT2D eigenvalue weighted by molar-refractivity contribution is -0.0922. The predicted octanol–water partition coefficient (Wildman–Crippen LogP) is 3.66. The number of hydrogen-bond acceptors (Lipinski definition) is 6. The van der Waals surface area contributed by atoms with E-state index in [0.717, 1.165) is 11.1 Å². The standard InChI is InChI=1S/C22H20ClN7O/c1-22(11-29-15-25-13-27-29,12-30-16-26-14-28-30)31-21(19-6-8-20(23)9-7-19)18-4-2-17(10-24)3-5-18/h2-9,13-16,21H,11-12H2,1H3. The second kappa shape index (κ2) is 9.08. The Morgan fingerprint density at radius 3 is 1.90 bits per heavy atom. The smallest absolute Gasteiger partial charge is 0.137 e. The van der Waals surface area contributed by atoms with Crippen LogP contribution in [0.3, 0.4) is 0 Å². The van der Waals surface area contributed by atoms with E-state index < -0.39 is 11.7 Å². The van der Waals surface area contributed by atoms with Crippen LogP contribution in [0.25, 0.3) is 0 Å². The van der Waals surface area contributed by atoms with Crippen molar-refractivity contribution in [3.8, 4) is 6.07 Å². The van der Waals surface area contributed by atoms with Gasteiger partial charge in [-0.2, -0.15) is 15.5 Å². The first-order valence-electron chi connectivity index (χ1n) is 9.63. The maximum atomic E-state index is 9.16. The molecule has 0 N–H and O–H groups in total. The lowest BCUT2D eigenvalue weighted by atomic mass is 9.98. The Bertz CT molecular complexity index is 1100. The molecule has 0 bridgehead atoms. The molecular weight excluding hydrogens is 414 g/mol. The van der Waals surface area contributed by atoms with E-state index in [1.807, 2.05) is 43.3 Å². The van der Waals surface area contributed by atoms with E-state index in [0.29, 0.717) is 23.7 Å². The Balaban J connectivity index is 1.71. The molecule has 0 radical (unpaired) electrons. The predicted molar refractivity (Wildman–Crippen MR) is 114 cm³/mol. The fourth-order valence-electron chi connectivity index (χ4n) is 3.42. The van der Waals surface area contributed by atoms with E-state index in [-0.39, 0.29) is 0 Å². The van der Waals surface area contributed by atoms with Crippen molar-refractivity contribution in [1.82, 2.24) is 29.5 Å². The quantitative estimate of drug-likeness (QED) is 0.421. The molecule has 156 valence electrons. The molecule has 1 atom stereocenters. The summed E-state index contributed by atoms with van der Waals surface area (Å²) in [4.78, 5) is 8.09. The maximum Gasteiger partial charge on any atom is 0.137 e. The fourth-order valence-corrected chi connectivity index (χ4v) is 3.55. The van der Waals surface area contributed by atoms with Crippen molar-refractivity contribution in [2.45, 2.75) is 31.7 Å². The van der Waals surface area contributed by atoms with Crippen molar-refractivity contribution in [1.29, 1.82) is 5.26 Å². The van der Waals surface area contributed by atoms with Crippen molar-refractivity contribution in [3.63, 3.8) is 0 Å². The summed E-state index contributed by atoms with van der Waals surface area (Å²) in [6, 6.07) is 17.1. The van der Waals surface area contributed by atoms with Gasteiger partial charge in [-0.3, -0.25) is 9.36 Å². The molecule has 2 aromatic carbocycles.